The molecule has 108 valence electrons. The topological polar surface area (TPSA) is 76.8 Å². The lowest BCUT2D eigenvalue weighted by Crippen LogP contribution is -2.08. The monoisotopic (exact) mass is 310 g/mol. The van der Waals surface area contributed by atoms with Crippen LogP contribution in [-0.2, 0) is 6.54 Å². The van der Waals surface area contributed by atoms with Crippen LogP contribution >= 0.6 is 23.4 Å². The fourth-order valence-electron chi connectivity index (χ4n) is 1.43. The molecule has 0 aliphatic rings. The van der Waals surface area contributed by atoms with E-state index in [1.807, 2.05) is 24.3 Å². The number of rotatable bonds is 7. The van der Waals surface area contributed by atoms with Crippen molar-refractivity contribution in [2.24, 2.45) is 21.5 Å². The summed E-state index contributed by atoms with van der Waals surface area (Å²) in [5, 5.41) is 1.31. The molecule has 0 amide bonds. The van der Waals surface area contributed by atoms with Gasteiger partial charge in [-0.15, -0.1) is 0 Å². The van der Waals surface area contributed by atoms with Gasteiger partial charge in [-0.2, -0.15) is 0 Å². The lowest BCUT2D eigenvalue weighted by Gasteiger charge is -2.02. The second-order valence-corrected chi connectivity index (χ2v) is 5.63. The fourth-order valence-corrected chi connectivity index (χ4v) is 2.21. The third-order valence-electron chi connectivity index (χ3n) is 2.45. The highest BCUT2D eigenvalue weighted by atomic mass is 35.5. The van der Waals surface area contributed by atoms with Gasteiger partial charge < -0.3 is 11.5 Å². The van der Waals surface area contributed by atoms with E-state index in [9.17, 15) is 0 Å². The minimum absolute atomic E-state index is 0.570. The Morgan fingerprint density at radius 1 is 1.35 bits per heavy atom. The molecule has 0 saturated carbocycles. The summed E-state index contributed by atoms with van der Waals surface area (Å²) >= 11 is 7.35. The SMILES string of the molecule is C=C(CCCSC(N)=NCc1ccc(Cl)cc1)N=CN. The first kappa shape index (κ1) is 16.6. The first-order chi connectivity index (χ1) is 9.61. The molecule has 0 saturated heterocycles. The number of nitrogens with zero attached hydrogens (tertiary/aromatic N) is 2. The van der Waals surface area contributed by atoms with E-state index in [0.29, 0.717) is 11.7 Å². The van der Waals surface area contributed by atoms with Crippen molar-refractivity contribution >= 4 is 34.9 Å². The van der Waals surface area contributed by atoms with E-state index in [0.717, 1.165) is 34.9 Å². The van der Waals surface area contributed by atoms with Crippen LogP contribution in [0.5, 0.6) is 0 Å². The van der Waals surface area contributed by atoms with Gasteiger partial charge in [-0.25, -0.2) is 4.99 Å². The molecule has 0 radical (unpaired) electrons. The number of allylic oxidation sites excluding steroid dienone is 1. The summed E-state index contributed by atoms with van der Waals surface area (Å²) in [5.74, 6) is 0.884. The minimum atomic E-state index is 0.570. The van der Waals surface area contributed by atoms with Gasteiger partial charge in [0.15, 0.2) is 5.17 Å². The molecule has 0 unspecified atom stereocenters. The molecule has 0 aromatic heterocycles. The van der Waals surface area contributed by atoms with Gasteiger partial charge in [-0.05, 0) is 30.5 Å². The largest absolute Gasteiger partial charge is 0.390 e. The van der Waals surface area contributed by atoms with E-state index >= 15 is 0 Å². The van der Waals surface area contributed by atoms with Gasteiger partial charge in [-0.3, -0.25) is 4.99 Å². The highest BCUT2D eigenvalue weighted by molar-refractivity contribution is 8.13. The van der Waals surface area contributed by atoms with E-state index < -0.39 is 0 Å². The molecular formula is C14H19ClN4S. The molecule has 1 aromatic carbocycles. The van der Waals surface area contributed by atoms with Gasteiger partial charge in [0, 0.05) is 16.5 Å². The van der Waals surface area contributed by atoms with Crippen LogP contribution in [0.1, 0.15) is 18.4 Å². The molecule has 0 aliphatic heterocycles. The van der Waals surface area contributed by atoms with Crippen LogP contribution in [0.4, 0.5) is 0 Å². The third-order valence-corrected chi connectivity index (χ3v) is 3.62. The average Bonchev–Trinajstić information content (AvgIpc) is 2.43. The fraction of sp³-hybridized carbons (Fsp3) is 0.286. The van der Waals surface area contributed by atoms with Gasteiger partial charge >= 0.3 is 0 Å². The molecule has 1 rings (SSSR count). The van der Waals surface area contributed by atoms with Crippen LogP contribution in [0, 0.1) is 0 Å². The Labute approximate surface area is 129 Å². The van der Waals surface area contributed by atoms with Gasteiger partial charge in [-0.1, -0.05) is 42.1 Å². The number of halogens is 1. The minimum Gasteiger partial charge on any atom is -0.390 e. The molecule has 0 bridgehead atoms. The van der Waals surface area contributed by atoms with Crippen LogP contribution in [0.3, 0.4) is 0 Å². The molecule has 0 heterocycles. The second kappa shape index (κ2) is 9.44. The Morgan fingerprint density at radius 2 is 2.05 bits per heavy atom. The number of aliphatic imine (C=N–C) groups is 2. The highest BCUT2D eigenvalue weighted by Gasteiger charge is 1.97. The van der Waals surface area contributed by atoms with Crippen molar-refractivity contribution < 1.29 is 0 Å². The predicted molar refractivity (Wildman–Crippen MR) is 90.3 cm³/mol. The number of benzene rings is 1. The Bertz CT molecular complexity index is 482. The third kappa shape index (κ3) is 7.21. The normalized spacial score (nSPS) is 11.9. The van der Waals surface area contributed by atoms with Crippen LogP contribution in [-0.4, -0.2) is 17.3 Å². The number of hydrogen-bond acceptors (Lipinski definition) is 3. The molecule has 0 aliphatic carbocycles. The maximum atomic E-state index is 5.84. The van der Waals surface area contributed by atoms with Crippen LogP contribution in [0.2, 0.25) is 5.02 Å². The Hall–Kier alpha value is -1.46. The molecular weight excluding hydrogens is 292 g/mol. The first-order valence-corrected chi connectivity index (χ1v) is 7.57. The highest BCUT2D eigenvalue weighted by Crippen LogP contribution is 2.12. The van der Waals surface area contributed by atoms with E-state index in [1.165, 1.54) is 18.1 Å². The van der Waals surface area contributed by atoms with Gasteiger partial charge in [0.1, 0.15) is 0 Å². The quantitative estimate of drug-likeness (QED) is 0.461. The summed E-state index contributed by atoms with van der Waals surface area (Å²) in [7, 11) is 0. The van der Waals surface area contributed by atoms with E-state index in [2.05, 4.69) is 16.6 Å². The molecule has 20 heavy (non-hydrogen) atoms. The standard InChI is InChI=1S/C14H19ClN4S/c1-11(19-10-16)3-2-8-20-14(17)18-9-12-4-6-13(15)7-5-12/h4-7,10H,1-3,8-9H2,(H2,16,19)(H2,17,18). The Morgan fingerprint density at radius 3 is 2.70 bits per heavy atom. The summed E-state index contributed by atoms with van der Waals surface area (Å²) in [6.45, 7) is 4.35. The van der Waals surface area contributed by atoms with Crippen molar-refractivity contribution in [3.63, 3.8) is 0 Å². The molecule has 0 atom stereocenters. The van der Waals surface area contributed by atoms with Crippen LogP contribution in [0.15, 0.2) is 46.5 Å². The van der Waals surface area contributed by atoms with E-state index in [4.69, 9.17) is 23.1 Å². The van der Waals surface area contributed by atoms with Gasteiger partial charge in [0.2, 0.25) is 0 Å². The van der Waals surface area contributed by atoms with Crippen molar-refractivity contribution in [1.82, 2.24) is 0 Å². The van der Waals surface area contributed by atoms with Crippen LogP contribution < -0.4 is 11.5 Å². The van der Waals surface area contributed by atoms with Crippen LogP contribution in [0.25, 0.3) is 0 Å². The summed E-state index contributed by atoms with van der Waals surface area (Å²) in [5.41, 5.74) is 12.9. The van der Waals surface area contributed by atoms with Crippen molar-refractivity contribution in [2.45, 2.75) is 19.4 Å². The molecule has 1 aromatic rings. The Kier molecular flexibility index (Phi) is 7.84. The van der Waals surface area contributed by atoms with E-state index in [1.54, 1.807) is 0 Å². The molecule has 0 fully saturated rings. The summed E-state index contributed by atoms with van der Waals surface area (Å²) in [6.07, 6.45) is 3.01. The van der Waals surface area contributed by atoms with Gasteiger partial charge in [0.05, 0.1) is 12.9 Å². The van der Waals surface area contributed by atoms with Crippen molar-refractivity contribution in [3.8, 4) is 0 Å². The lowest BCUT2D eigenvalue weighted by atomic mass is 10.2. The van der Waals surface area contributed by atoms with Gasteiger partial charge in [0.25, 0.3) is 0 Å². The first-order valence-electron chi connectivity index (χ1n) is 6.21. The maximum absolute atomic E-state index is 5.84. The molecule has 4 N–H and O–H groups in total. The lowest BCUT2D eigenvalue weighted by molar-refractivity contribution is 0.910. The average molecular weight is 311 g/mol. The predicted octanol–water partition coefficient (Wildman–Crippen LogP) is 3.17. The van der Waals surface area contributed by atoms with E-state index in [-0.39, 0.29) is 0 Å². The smallest absolute Gasteiger partial charge is 0.154 e. The zero-order valence-electron chi connectivity index (χ0n) is 11.3. The van der Waals surface area contributed by atoms with Crippen molar-refractivity contribution in [3.05, 3.63) is 47.1 Å². The Balaban J connectivity index is 2.25. The number of hydrogen-bond donors (Lipinski definition) is 2. The molecule has 6 heteroatoms. The summed E-state index contributed by atoms with van der Waals surface area (Å²) < 4.78 is 0. The zero-order valence-corrected chi connectivity index (χ0v) is 12.8. The number of nitrogens with two attached hydrogens (primary N) is 2. The summed E-state index contributed by atoms with van der Waals surface area (Å²) in [4.78, 5) is 8.22. The maximum Gasteiger partial charge on any atom is 0.154 e. The summed E-state index contributed by atoms with van der Waals surface area (Å²) in [6, 6.07) is 7.58. The number of thioether (sulfide) groups is 1. The molecule has 0 spiro atoms. The van der Waals surface area contributed by atoms with Crippen molar-refractivity contribution in [1.29, 1.82) is 0 Å². The zero-order chi connectivity index (χ0) is 14.8. The number of amidine groups is 1. The van der Waals surface area contributed by atoms with Crippen molar-refractivity contribution in [2.75, 3.05) is 5.75 Å². The second-order valence-electron chi connectivity index (χ2n) is 4.08. The molecule has 4 nitrogen and oxygen atoms in total.